The molecule has 0 amide bonds. The van der Waals surface area contributed by atoms with Crippen molar-refractivity contribution in [2.24, 2.45) is 0 Å². The molecule has 0 spiro atoms. The molecule has 0 N–H and O–H groups in total. The lowest BCUT2D eigenvalue weighted by atomic mass is 9.98. The minimum absolute atomic E-state index is 1.15. The molecule has 0 unspecified atom stereocenters. The van der Waals surface area contributed by atoms with Crippen molar-refractivity contribution in [2.75, 3.05) is 0 Å². The van der Waals surface area contributed by atoms with Crippen molar-refractivity contribution in [3.8, 4) is 78.4 Å². The number of hydrogen-bond acceptors (Lipinski definition) is 0. The van der Waals surface area contributed by atoms with Crippen molar-refractivity contribution in [1.82, 2.24) is 18.3 Å². The summed E-state index contributed by atoms with van der Waals surface area (Å²) in [5.41, 5.74) is 26.6. The first-order chi connectivity index (χ1) is 48.6. The van der Waals surface area contributed by atoms with Crippen LogP contribution in [0.2, 0.25) is 0 Å². The summed E-state index contributed by atoms with van der Waals surface area (Å²) in [7, 11) is 0. The molecule has 0 saturated heterocycles. The second-order valence-electron chi connectivity index (χ2n) is 25.6. The zero-order valence-electron chi connectivity index (χ0n) is 53.6. The van der Waals surface area contributed by atoms with Gasteiger partial charge >= 0.3 is 0 Å². The molecule has 0 aliphatic rings. The van der Waals surface area contributed by atoms with Crippen molar-refractivity contribution < 1.29 is 0 Å². The second kappa shape index (κ2) is 23.5. The normalized spacial score (nSPS) is 11.7. The van der Waals surface area contributed by atoms with Crippen LogP contribution >= 0.6 is 0 Å². The predicted molar refractivity (Wildman–Crippen MR) is 415 cm³/mol. The SMILES string of the molecule is c1ccc(-c2cccc(-c3cccc(-n4c5ccccc5c5cc(-c6ccc7c(c6)c6ccccc6n7-c6ccccc6)ccc54)c3)c2)cc1.c1ccc(-n2c3ccccc3c3cc(-c4ccc5c(c4)c4ccccc4n5-c4cccc(-c5cccc6ccccc56)c4)ccc32)cc1. The lowest BCUT2D eigenvalue weighted by molar-refractivity contribution is 1.18. The number of nitrogens with zero attached hydrogens (tertiary/aromatic N) is 4. The van der Waals surface area contributed by atoms with Crippen LogP contribution in [0.5, 0.6) is 0 Å². The fourth-order valence-electron chi connectivity index (χ4n) is 15.5. The van der Waals surface area contributed by atoms with Crippen LogP contribution in [0.3, 0.4) is 0 Å². The fourth-order valence-corrected chi connectivity index (χ4v) is 15.5. The summed E-state index contributed by atoms with van der Waals surface area (Å²) in [6, 6.07) is 137. The van der Waals surface area contributed by atoms with Crippen LogP contribution in [0.25, 0.3) is 176 Å². The number of rotatable bonds is 9. The van der Waals surface area contributed by atoms with E-state index in [1.54, 1.807) is 0 Å². The summed E-state index contributed by atoms with van der Waals surface area (Å²) in [6.45, 7) is 0. The van der Waals surface area contributed by atoms with Crippen molar-refractivity contribution in [3.63, 3.8) is 0 Å². The highest BCUT2D eigenvalue weighted by atomic mass is 15.0. The lowest BCUT2D eigenvalue weighted by Gasteiger charge is -2.12. The third kappa shape index (κ3) is 9.52. The molecule has 98 heavy (non-hydrogen) atoms. The maximum atomic E-state index is 2.42. The van der Waals surface area contributed by atoms with Gasteiger partial charge in [-0.3, -0.25) is 0 Å². The molecule has 0 atom stereocenters. The molecule has 20 rings (SSSR count). The molecule has 4 heterocycles. The second-order valence-corrected chi connectivity index (χ2v) is 25.6. The lowest BCUT2D eigenvalue weighted by Crippen LogP contribution is -1.94. The van der Waals surface area contributed by atoms with E-state index in [9.17, 15) is 0 Å². The van der Waals surface area contributed by atoms with E-state index in [0.29, 0.717) is 0 Å². The molecule has 4 aromatic heterocycles. The molecule has 20 aromatic rings. The number of aromatic nitrogens is 4. The zero-order valence-corrected chi connectivity index (χ0v) is 53.6. The molecule has 0 radical (unpaired) electrons. The molecule has 0 saturated carbocycles. The largest absolute Gasteiger partial charge is 0.309 e. The van der Waals surface area contributed by atoms with Gasteiger partial charge < -0.3 is 18.3 Å². The highest BCUT2D eigenvalue weighted by Gasteiger charge is 2.20. The minimum Gasteiger partial charge on any atom is -0.309 e. The molecule has 0 aliphatic carbocycles. The molecule has 0 bridgehead atoms. The van der Waals surface area contributed by atoms with Crippen LogP contribution in [0, 0.1) is 0 Å². The summed E-state index contributed by atoms with van der Waals surface area (Å²) in [5, 5.41) is 12.6. The molecule has 0 aliphatic heterocycles. The number of fused-ring (bicyclic) bond motifs is 13. The van der Waals surface area contributed by atoms with E-state index < -0.39 is 0 Å². The van der Waals surface area contributed by atoms with Gasteiger partial charge in [-0.05, 0) is 194 Å². The number of benzene rings is 16. The van der Waals surface area contributed by atoms with Gasteiger partial charge in [0.2, 0.25) is 0 Å². The van der Waals surface area contributed by atoms with Crippen LogP contribution in [0.1, 0.15) is 0 Å². The highest BCUT2D eigenvalue weighted by Crippen LogP contribution is 2.42. The van der Waals surface area contributed by atoms with Gasteiger partial charge in [0.25, 0.3) is 0 Å². The molecule has 4 heteroatoms. The van der Waals surface area contributed by atoms with Crippen molar-refractivity contribution in [2.45, 2.75) is 0 Å². The molecular weight excluding hydrogens is 1190 g/mol. The van der Waals surface area contributed by atoms with E-state index in [2.05, 4.69) is 394 Å². The van der Waals surface area contributed by atoms with E-state index >= 15 is 0 Å². The topological polar surface area (TPSA) is 19.7 Å². The Hall–Kier alpha value is -13.0. The third-order valence-electron chi connectivity index (χ3n) is 20.0. The first kappa shape index (κ1) is 56.5. The van der Waals surface area contributed by atoms with Gasteiger partial charge in [-0.1, -0.05) is 249 Å². The van der Waals surface area contributed by atoms with Crippen LogP contribution in [-0.2, 0) is 0 Å². The van der Waals surface area contributed by atoms with Gasteiger partial charge in [-0.25, -0.2) is 0 Å². The summed E-state index contributed by atoms with van der Waals surface area (Å²) >= 11 is 0. The first-order valence-corrected chi connectivity index (χ1v) is 33.7. The Labute approximate surface area is 567 Å². The van der Waals surface area contributed by atoms with Gasteiger partial charge in [0, 0.05) is 65.8 Å². The van der Waals surface area contributed by atoms with Crippen molar-refractivity contribution in [3.05, 3.63) is 376 Å². The van der Waals surface area contributed by atoms with E-state index in [-0.39, 0.29) is 0 Å². The highest BCUT2D eigenvalue weighted by molar-refractivity contribution is 6.15. The predicted octanol–water partition coefficient (Wildman–Crippen LogP) is 25.2. The Morgan fingerprint density at radius 2 is 0.398 bits per heavy atom. The van der Waals surface area contributed by atoms with Crippen LogP contribution in [0.4, 0.5) is 0 Å². The average molecular weight is 1250 g/mol. The molecule has 0 fully saturated rings. The smallest absolute Gasteiger partial charge is 0.0541 e. The van der Waals surface area contributed by atoms with Gasteiger partial charge in [-0.15, -0.1) is 0 Å². The monoisotopic (exact) mass is 1250 g/mol. The van der Waals surface area contributed by atoms with Crippen molar-refractivity contribution >= 4 is 98.0 Å². The molecule has 4 nitrogen and oxygen atoms in total. The standard InChI is InChI=1S/C48H32N2.C46H30N2/c1-3-13-33(14-4-1)34-15-11-16-35(29-34)36-17-12-20-40(30-36)50-46-24-10-8-22-42(46)44-32-38(26-28-48(44)50)37-25-27-47-43(31-37)41-21-7-9-23-45(41)49(47)39-18-5-2-6-19-39;1-2-15-35(16-3-1)47-43-22-8-6-19-39(43)41-29-32(24-26-45(41)47)33-25-27-46-42(30-33)40-20-7-9-23-44(40)48(46)36-17-10-14-34(28-36)38-21-11-13-31-12-4-5-18-37(31)38/h1-32H;1-30H. The van der Waals surface area contributed by atoms with Crippen LogP contribution < -0.4 is 0 Å². The maximum Gasteiger partial charge on any atom is 0.0541 e. The number of hydrogen-bond donors (Lipinski definition) is 0. The molecular formula is C94H62N4. The van der Waals surface area contributed by atoms with Crippen LogP contribution in [0.15, 0.2) is 376 Å². The van der Waals surface area contributed by atoms with E-state index in [1.165, 1.54) is 165 Å². The minimum atomic E-state index is 1.15. The fraction of sp³-hybridized carbons (Fsp3) is 0. The van der Waals surface area contributed by atoms with Gasteiger partial charge in [-0.2, -0.15) is 0 Å². The zero-order chi connectivity index (χ0) is 64.6. The Balaban J connectivity index is 0.000000137. The van der Waals surface area contributed by atoms with E-state index in [0.717, 1.165) is 11.4 Å². The Morgan fingerprint density at radius 3 is 0.837 bits per heavy atom. The quantitative estimate of drug-likeness (QED) is 0.137. The number of para-hydroxylation sites is 6. The Bertz CT molecular complexity index is 6480. The van der Waals surface area contributed by atoms with Gasteiger partial charge in [0.05, 0.1) is 44.1 Å². The third-order valence-corrected chi connectivity index (χ3v) is 20.0. The molecule has 16 aromatic carbocycles. The van der Waals surface area contributed by atoms with Gasteiger partial charge in [0.1, 0.15) is 0 Å². The molecule has 458 valence electrons. The first-order valence-electron chi connectivity index (χ1n) is 33.7. The average Bonchev–Trinajstić information content (AvgIpc) is 1.60. The van der Waals surface area contributed by atoms with E-state index in [1.807, 2.05) is 0 Å². The summed E-state index contributed by atoms with van der Waals surface area (Å²) < 4.78 is 9.57. The van der Waals surface area contributed by atoms with Crippen LogP contribution in [-0.4, -0.2) is 18.3 Å². The van der Waals surface area contributed by atoms with Gasteiger partial charge in [0.15, 0.2) is 0 Å². The Kier molecular flexibility index (Phi) is 13.5. The summed E-state index contributed by atoms with van der Waals surface area (Å²) in [6.07, 6.45) is 0. The van der Waals surface area contributed by atoms with Crippen molar-refractivity contribution in [1.29, 1.82) is 0 Å². The maximum absolute atomic E-state index is 2.42. The summed E-state index contributed by atoms with van der Waals surface area (Å²) in [5.74, 6) is 0. The summed E-state index contributed by atoms with van der Waals surface area (Å²) in [4.78, 5) is 0. The van der Waals surface area contributed by atoms with E-state index in [4.69, 9.17) is 0 Å². The Morgan fingerprint density at radius 1 is 0.133 bits per heavy atom.